The second-order valence-corrected chi connectivity index (χ2v) is 7.39. The number of nitrogens with one attached hydrogen (secondary N) is 1. The van der Waals surface area contributed by atoms with Crippen LogP contribution in [0.2, 0.25) is 0 Å². The third kappa shape index (κ3) is 3.09. The predicted molar refractivity (Wildman–Crippen MR) is 84.5 cm³/mol. The molecule has 116 valence electrons. The van der Waals surface area contributed by atoms with Crippen LogP contribution < -0.4 is 10.2 Å². The molecule has 0 radical (unpaired) electrons. The molecule has 1 aromatic carbocycles. The third-order valence-electron chi connectivity index (χ3n) is 4.64. The first-order valence-electron chi connectivity index (χ1n) is 7.62. The molecule has 1 saturated carbocycles. The second kappa shape index (κ2) is 5.84. The van der Waals surface area contributed by atoms with E-state index in [1.807, 2.05) is 0 Å². The molecule has 0 amide bonds. The lowest BCUT2D eigenvalue weighted by Gasteiger charge is -2.44. The minimum absolute atomic E-state index is 0.179. The summed E-state index contributed by atoms with van der Waals surface area (Å²) in [5.41, 5.74) is 0.390. The van der Waals surface area contributed by atoms with Crippen molar-refractivity contribution in [3.8, 4) is 0 Å². The average molecular weight is 359 g/mol. The van der Waals surface area contributed by atoms with E-state index in [2.05, 4.69) is 40.0 Å². The van der Waals surface area contributed by atoms with E-state index >= 15 is 0 Å². The lowest BCUT2D eigenvalue weighted by molar-refractivity contribution is 0.317. The highest BCUT2D eigenvalue weighted by atomic mass is 79.9. The van der Waals surface area contributed by atoms with Crippen LogP contribution in [-0.2, 0) is 0 Å². The first kappa shape index (κ1) is 15.2. The summed E-state index contributed by atoms with van der Waals surface area (Å²) in [5, 5.41) is 3.59. The molecular formula is C16H21BrF2N2. The SMILES string of the molecule is CC(C)C1CNC(C2CC2)CN1c1cc(F)c(Br)cc1F. The molecular weight excluding hydrogens is 338 g/mol. The molecule has 21 heavy (non-hydrogen) atoms. The Morgan fingerprint density at radius 2 is 1.95 bits per heavy atom. The summed E-state index contributed by atoms with van der Waals surface area (Å²) < 4.78 is 28.4. The highest BCUT2D eigenvalue weighted by molar-refractivity contribution is 9.10. The maximum atomic E-state index is 14.3. The van der Waals surface area contributed by atoms with Crippen molar-refractivity contribution in [3.63, 3.8) is 0 Å². The number of rotatable bonds is 3. The van der Waals surface area contributed by atoms with E-state index in [0.29, 0.717) is 23.6 Å². The minimum atomic E-state index is -0.407. The molecule has 1 aliphatic carbocycles. The summed E-state index contributed by atoms with van der Waals surface area (Å²) in [6.07, 6.45) is 2.49. The van der Waals surface area contributed by atoms with Gasteiger partial charge >= 0.3 is 0 Å². The number of benzene rings is 1. The zero-order chi connectivity index (χ0) is 15.1. The highest BCUT2D eigenvalue weighted by Crippen LogP contribution is 2.37. The molecule has 2 fully saturated rings. The second-order valence-electron chi connectivity index (χ2n) is 6.53. The van der Waals surface area contributed by atoms with Gasteiger partial charge in [-0.3, -0.25) is 0 Å². The van der Waals surface area contributed by atoms with Crippen molar-refractivity contribution in [1.29, 1.82) is 0 Å². The van der Waals surface area contributed by atoms with Crippen LogP contribution in [0.15, 0.2) is 16.6 Å². The lowest BCUT2D eigenvalue weighted by atomic mass is 9.96. The van der Waals surface area contributed by atoms with Crippen molar-refractivity contribution < 1.29 is 8.78 Å². The summed E-state index contributed by atoms with van der Waals surface area (Å²) in [6, 6.07) is 3.14. The Labute approximate surface area is 133 Å². The van der Waals surface area contributed by atoms with Crippen molar-refractivity contribution in [1.82, 2.24) is 5.32 Å². The molecule has 0 spiro atoms. The van der Waals surface area contributed by atoms with Gasteiger partial charge in [0, 0.05) is 31.2 Å². The third-order valence-corrected chi connectivity index (χ3v) is 5.25. The van der Waals surface area contributed by atoms with Gasteiger partial charge in [-0.05, 0) is 46.7 Å². The summed E-state index contributed by atoms with van der Waals surface area (Å²) >= 11 is 3.05. The maximum Gasteiger partial charge on any atom is 0.147 e. The highest BCUT2D eigenvalue weighted by Gasteiger charge is 2.38. The number of piperazine rings is 1. The van der Waals surface area contributed by atoms with Crippen LogP contribution in [0.5, 0.6) is 0 Å². The fourth-order valence-corrected chi connectivity index (χ4v) is 3.53. The monoisotopic (exact) mass is 358 g/mol. The van der Waals surface area contributed by atoms with E-state index in [9.17, 15) is 8.78 Å². The van der Waals surface area contributed by atoms with E-state index in [-0.39, 0.29) is 16.3 Å². The quantitative estimate of drug-likeness (QED) is 0.823. The Balaban J connectivity index is 1.92. The molecule has 2 unspecified atom stereocenters. The summed E-state index contributed by atoms with van der Waals surface area (Å²) in [7, 11) is 0. The van der Waals surface area contributed by atoms with E-state index in [1.165, 1.54) is 25.0 Å². The Morgan fingerprint density at radius 1 is 1.24 bits per heavy atom. The number of nitrogens with zero attached hydrogens (tertiary/aromatic N) is 1. The zero-order valence-corrected chi connectivity index (χ0v) is 14.0. The van der Waals surface area contributed by atoms with Gasteiger partial charge in [-0.25, -0.2) is 8.78 Å². The fourth-order valence-electron chi connectivity index (χ4n) is 3.21. The molecule has 5 heteroatoms. The van der Waals surface area contributed by atoms with Crippen LogP contribution in [0.3, 0.4) is 0 Å². The van der Waals surface area contributed by atoms with Gasteiger partial charge in [0.1, 0.15) is 11.6 Å². The normalized spacial score (nSPS) is 26.5. The van der Waals surface area contributed by atoms with Gasteiger partial charge in [0.15, 0.2) is 0 Å². The minimum Gasteiger partial charge on any atom is -0.363 e. The van der Waals surface area contributed by atoms with Gasteiger partial charge in [0.05, 0.1) is 10.2 Å². The molecule has 1 aromatic rings. The standard InChI is InChI=1S/C16H21BrF2N2/c1-9(2)16-7-20-14(10-3-4-10)8-21(16)15-6-12(18)11(17)5-13(15)19/h5-6,9-10,14,16,20H,3-4,7-8H2,1-2H3. The molecule has 1 aliphatic heterocycles. The molecule has 3 rings (SSSR count). The van der Waals surface area contributed by atoms with Crippen LogP contribution in [0.1, 0.15) is 26.7 Å². The van der Waals surface area contributed by atoms with Crippen molar-refractivity contribution in [2.75, 3.05) is 18.0 Å². The molecule has 2 aliphatic rings. The first-order chi connectivity index (χ1) is 9.97. The molecule has 1 N–H and O–H groups in total. The summed E-state index contributed by atoms with van der Waals surface area (Å²) in [4.78, 5) is 2.06. The molecule has 2 nitrogen and oxygen atoms in total. The van der Waals surface area contributed by atoms with E-state index in [4.69, 9.17) is 0 Å². The molecule has 0 bridgehead atoms. The van der Waals surface area contributed by atoms with Crippen LogP contribution >= 0.6 is 15.9 Å². The Kier molecular flexibility index (Phi) is 4.23. The van der Waals surface area contributed by atoms with Crippen molar-refractivity contribution in [2.24, 2.45) is 11.8 Å². The van der Waals surface area contributed by atoms with Gasteiger partial charge in [-0.1, -0.05) is 13.8 Å². The van der Waals surface area contributed by atoms with Gasteiger partial charge in [-0.15, -0.1) is 0 Å². The van der Waals surface area contributed by atoms with Crippen molar-refractivity contribution >= 4 is 21.6 Å². The first-order valence-corrected chi connectivity index (χ1v) is 8.41. The molecule has 1 saturated heterocycles. The van der Waals surface area contributed by atoms with E-state index in [0.717, 1.165) is 13.1 Å². The topological polar surface area (TPSA) is 15.3 Å². The van der Waals surface area contributed by atoms with E-state index < -0.39 is 5.82 Å². The zero-order valence-electron chi connectivity index (χ0n) is 12.4. The number of halogens is 3. The van der Waals surface area contributed by atoms with Gasteiger partial charge in [0.2, 0.25) is 0 Å². The smallest absolute Gasteiger partial charge is 0.147 e. The van der Waals surface area contributed by atoms with Gasteiger partial charge in [-0.2, -0.15) is 0 Å². The van der Waals surface area contributed by atoms with Crippen LogP contribution in [0.4, 0.5) is 14.5 Å². The van der Waals surface area contributed by atoms with Crippen molar-refractivity contribution in [3.05, 3.63) is 28.2 Å². The largest absolute Gasteiger partial charge is 0.363 e. The average Bonchev–Trinajstić information content (AvgIpc) is 3.26. The van der Waals surface area contributed by atoms with Gasteiger partial charge in [0.25, 0.3) is 0 Å². The van der Waals surface area contributed by atoms with Crippen LogP contribution in [0, 0.1) is 23.5 Å². The Bertz CT molecular complexity index is 531. The number of anilines is 1. The Morgan fingerprint density at radius 3 is 2.57 bits per heavy atom. The van der Waals surface area contributed by atoms with E-state index in [1.54, 1.807) is 0 Å². The fraction of sp³-hybridized carbons (Fsp3) is 0.625. The predicted octanol–water partition coefficient (Wildman–Crippen LogP) is 3.94. The Hall–Kier alpha value is -0.680. The molecule has 0 aromatic heterocycles. The lowest BCUT2D eigenvalue weighted by Crippen LogP contribution is -2.59. The summed E-state index contributed by atoms with van der Waals surface area (Å²) in [5.74, 6) is 0.313. The van der Waals surface area contributed by atoms with Crippen molar-refractivity contribution in [2.45, 2.75) is 38.8 Å². The summed E-state index contributed by atoms with van der Waals surface area (Å²) in [6.45, 7) is 5.84. The van der Waals surface area contributed by atoms with Crippen LogP contribution in [0.25, 0.3) is 0 Å². The molecule has 1 heterocycles. The molecule has 2 atom stereocenters. The van der Waals surface area contributed by atoms with Crippen LogP contribution in [-0.4, -0.2) is 25.2 Å². The van der Waals surface area contributed by atoms with Gasteiger partial charge < -0.3 is 10.2 Å². The number of hydrogen-bond acceptors (Lipinski definition) is 2. The number of hydrogen-bond donors (Lipinski definition) is 1. The maximum absolute atomic E-state index is 14.3.